The number of ketones is 1. The Hall–Kier alpha value is -3.59. The standard InChI is InChI=1S/C20H15N3O5S/c24-16(12-4-5-17-15(7-12)23-18(25)10-27-17)9-28-19(26)8-13-11-29-20(22-13)14-3-1-2-6-21-14/h1-7,11H,8-10H2,(H,23,25). The topological polar surface area (TPSA) is 107 Å². The number of Topliss-reactive ketones (excluding diaryl/α,β-unsaturated/α-hetero) is 1. The molecule has 8 nitrogen and oxygen atoms in total. The molecule has 0 unspecified atom stereocenters. The summed E-state index contributed by atoms with van der Waals surface area (Å²) in [6, 6.07) is 10.2. The predicted molar refractivity (Wildman–Crippen MR) is 105 cm³/mol. The van der Waals surface area contributed by atoms with Crippen molar-refractivity contribution in [1.82, 2.24) is 9.97 Å². The van der Waals surface area contributed by atoms with Crippen molar-refractivity contribution in [3.63, 3.8) is 0 Å². The number of ether oxygens (including phenoxy) is 2. The SMILES string of the molecule is O=C1COc2ccc(C(=O)COC(=O)Cc3csc(-c4ccccn4)n3)cc2N1. The van der Waals surface area contributed by atoms with Gasteiger partial charge in [-0.05, 0) is 30.3 Å². The van der Waals surface area contributed by atoms with E-state index in [9.17, 15) is 14.4 Å². The maximum atomic E-state index is 12.3. The second-order valence-electron chi connectivity index (χ2n) is 6.17. The molecule has 0 saturated carbocycles. The zero-order valence-electron chi connectivity index (χ0n) is 15.1. The van der Waals surface area contributed by atoms with Gasteiger partial charge in [-0.2, -0.15) is 0 Å². The van der Waals surface area contributed by atoms with Gasteiger partial charge in [0.15, 0.2) is 19.0 Å². The summed E-state index contributed by atoms with van der Waals surface area (Å²) in [5.74, 6) is -0.730. The van der Waals surface area contributed by atoms with E-state index in [0.717, 1.165) is 5.69 Å². The molecule has 4 rings (SSSR count). The van der Waals surface area contributed by atoms with Gasteiger partial charge in [0.1, 0.15) is 10.8 Å². The highest BCUT2D eigenvalue weighted by atomic mass is 32.1. The van der Waals surface area contributed by atoms with E-state index in [1.54, 1.807) is 23.7 Å². The second kappa shape index (κ2) is 8.19. The highest BCUT2D eigenvalue weighted by molar-refractivity contribution is 7.13. The first-order valence-corrected chi connectivity index (χ1v) is 9.58. The molecular weight excluding hydrogens is 394 g/mol. The minimum absolute atomic E-state index is 0.0370. The van der Waals surface area contributed by atoms with Crippen molar-refractivity contribution in [2.24, 2.45) is 0 Å². The van der Waals surface area contributed by atoms with Gasteiger partial charge in [0.25, 0.3) is 5.91 Å². The zero-order chi connectivity index (χ0) is 20.2. The van der Waals surface area contributed by atoms with Gasteiger partial charge in [-0.1, -0.05) is 6.07 Å². The molecule has 0 saturated heterocycles. The van der Waals surface area contributed by atoms with E-state index < -0.39 is 12.6 Å². The molecule has 146 valence electrons. The molecule has 1 N–H and O–H groups in total. The van der Waals surface area contributed by atoms with Crippen molar-refractivity contribution in [2.45, 2.75) is 6.42 Å². The minimum atomic E-state index is -0.550. The fourth-order valence-electron chi connectivity index (χ4n) is 2.68. The summed E-state index contributed by atoms with van der Waals surface area (Å²) in [5, 5.41) is 5.11. The van der Waals surface area contributed by atoms with E-state index in [1.165, 1.54) is 17.4 Å². The van der Waals surface area contributed by atoms with Gasteiger partial charge in [0, 0.05) is 17.1 Å². The number of rotatable bonds is 6. The molecule has 0 aliphatic carbocycles. The average Bonchev–Trinajstić information content (AvgIpc) is 3.20. The fraction of sp³-hybridized carbons (Fsp3) is 0.150. The third-order valence-corrected chi connectivity index (χ3v) is 4.97. The van der Waals surface area contributed by atoms with Crippen molar-refractivity contribution >= 4 is 34.7 Å². The third-order valence-electron chi connectivity index (χ3n) is 4.06. The lowest BCUT2D eigenvalue weighted by Crippen LogP contribution is -2.25. The van der Waals surface area contributed by atoms with Crippen LogP contribution in [0.25, 0.3) is 10.7 Å². The molecule has 1 aromatic carbocycles. The number of carbonyl (C=O) groups excluding carboxylic acids is 3. The molecule has 9 heteroatoms. The van der Waals surface area contributed by atoms with Crippen molar-refractivity contribution in [3.8, 4) is 16.5 Å². The van der Waals surface area contributed by atoms with Crippen LogP contribution in [0.15, 0.2) is 48.0 Å². The van der Waals surface area contributed by atoms with Gasteiger partial charge in [-0.25, -0.2) is 4.98 Å². The lowest BCUT2D eigenvalue weighted by molar-refractivity contribution is -0.141. The van der Waals surface area contributed by atoms with Crippen LogP contribution in [-0.4, -0.2) is 40.8 Å². The highest BCUT2D eigenvalue weighted by Crippen LogP contribution is 2.28. The Morgan fingerprint density at radius 2 is 2.14 bits per heavy atom. The number of carbonyl (C=O) groups is 3. The number of aromatic nitrogens is 2. The Kier molecular flexibility index (Phi) is 5.30. The van der Waals surface area contributed by atoms with E-state index in [1.807, 2.05) is 18.2 Å². The van der Waals surface area contributed by atoms with E-state index in [2.05, 4.69) is 15.3 Å². The summed E-state index contributed by atoms with van der Waals surface area (Å²) in [7, 11) is 0. The molecule has 0 fully saturated rings. The molecule has 3 aromatic rings. The molecule has 0 radical (unpaired) electrons. The van der Waals surface area contributed by atoms with E-state index in [4.69, 9.17) is 9.47 Å². The van der Waals surface area contributed by atoms with Crippen molar-refractivity contribution in [3.05, 3.63) is 59.2 Å². The minimum Gasteiger partial charge on any atom is -0.482 e. The number of nitrogens with zero attached hydrogens (tertiary/aromatic N) is 2. The number of hydrogen-bond donors (Lipinski definition) is 1. The number of benzene rings is 1. The summed E-state index contributed by atoms with van der Waals surface area (Å²) in [5.41, 5.74) is 2.02. The first-order chi connectivity index (χ1) is 14.1. The van der Waals surface area contributed by atoms with Crippen LogP contribution < -0.4 is 10.1 Å². The second-order valence-corrected chi connectivity index (χ2v) is 7.03. The number of fused-ring (bicyclic) bond motifs is 1. The molecule has 2 aromatic heterocycles. The Labute approximate surface area is 169 Å². The lowest BCUT2D eigenvalue weighted by atomic mass is 10.1. The van der Waals surface area contributed by atoms with Crippen molar-refractivity contribution in [1.29, 1.82) is 0 Å². The van der Waals surface area contributed by atoms with Gasteiger partial charge >= 0.3 is 5.97 Å². The molecule has 0 bridgehead atoms. The maximum absolute atomic E-state index is 12.3. The van der Waals surface area contributed by atoms with Crippen LogP contribution in [0, 0.1) is 0 Å². The van der Waals surface area contributed by atoms with E-state index >= 15 is 0 Å². The summed E-state index contributed by atoms with van der Waals surface area (Å²) in [4.78, 5) is 44.4. The van der Waals surface area contributed by atoms with Crippen LogP contribution in [-0.2, 0) is 20.7 Å². The number of pyridine rings is 1. The number of hydrogen-bond acceptors (Lipinski definition) is 8. The number of anilines is 1. The molecular formula is C20H15N3O5S. The van der Waals surface area contributed by atoms with Crippen LogP contribution in [0.5, 0.6) is 5.75 Å². The summed E-state index contributed by atoms with van der Waals surface area (Å²) in [6.45, 7) is -0.458. The van der Waals surface area contributed by atoms with Gasteiger partial charge in [0.2, 0.25) is 0 Å². The van der Waals surface area contributed by atoms with Crippen LogP contribution in [0.3, 0.4) is 0 Å². The normalized spacial score (nSPS) is 12.5. The van der Waals surface area contributed by atoms with Crippen LogP contribution in [0.4, 0.5) is 5.69 Å². The van der Waals surface area contributed by atoms with Crippen LogP contribution in [0.2, 0.25) is 0 Å². The Balaban J connectivity index is 1.33. The zero-order valence-corrected chi connectivity index (χ0v) is 15.9. The van der Waals surface area contributed by atoms with Gasteiger partial charge in [0.05, 0.1) is 23.5 Å². The Bertz CT molecular complexity index is 1080. The molecule has 0 atom stereocenters. The molecule has 3 heterocycles. The first kappa shape index (κ1) is 18.8. The lowest BCUT2D eigenvalue weighted by Gasteiger charge is -2.18. The number of amides is 1. The highest BCUT2D eigenvalue weighted by Gasteiger charge is 2.19. The third kappa shape index (κ3) is 4.46. The van der Waals surface area contributed by atoms with Gasteiger partial charge < -0.3 is 14.8 Å². The quantitative estimate of drug-likeness (QED) is 0.492. The summed E-state index contributed by atoms with van der Waals surface area (Å²) < 4.78 is 10.3. The summed E-state index contributed by atoms with van der Waals surface area (Å²) >= 11 is 1.38. The first-order valence-electron chi connectivity index (χ1n) is 8.70. The molecule has 1 amide bonds. The summed E-state index contributed by atoms with van der Waals surface area (Å²) in [6.07, 6.45) is 1.64. The van der Waals surface area contributed by atoms with Gasteiger partial charge in [-0.3, -0.25) is 19.4 Å². The average molecular weight is 409 g/mol. The number of thiazole rings is 1. The molecule has 1 aliphatic rings. The number of nitrogens with one attached hydrogen (secondary N) is 1. The fourth-order valence-corrected chi connectivity index (χ4v) is 3.48. The monoisotopic (exact) mass is 409 g/mol. The van der Waals surface area contributed by atoms with Crippen LogP contribution in [0.1, 0.15) is 16.1 Å². The largest absolute Gasteiger partial charge is 0.482 e. The molecule has 0 spiro atoms. The molecule has 29 heavy (non-hydrogen) atoms. The molecule has 1 aliphatic heterocycles. The predicted octanol–water partition coefficient (Wildman–Crippen LogP) is 2.50. The maximum Gasteiger partial charge on any atom is 0.312 e. The van der Waals surface area contributed by atoms with Crippen molar-refractivity contribution in [2.75, 3.05) is 18.5 Å². The van der Waals surface area contributed by atoms with E-state index in [0.29, 0.717) is 27.7 Å². The smallest absolute Gasteiger partial charge is 0.312 e. The number of esters is 1. The van der Waals surface area contributed by atoms with E-state index in [-0.39, 0.29) is 24.7 Å². The van der Waals surface area contributed by atoms with Gasteiger partial charge in [-0.15, -0.1) is 11.3 Å². The van der Waals surface area contributed by atoms with Crippen LogP contribution >= 0.6 is 11.3 Å². The Morgan fingerprint density at radius 3 is 2.97 bits per heavy atom. The Morgan fingerprint density at radius 1 is 1.24 bits per heavy atom. The van der Waals surface area contributed by atoms with Crippen molar-refractivity contribution < 1.29 is 23.9 Å².